The Balaban J connectivity index is 2.37. The smallest absolute Gasteiger partial charge is 0.257 e. The molecule has 0 aromatic carbocycles. The number of hydrogen-bond donors (Lipinski definition) is 0. The molecule has 2 rings (SSSR count). The third-order valence-electron chi connectivity index (χ3n) is 2.86. The Kier molecular flexibility index (Phi) is 3.47. The fraction of sp³-hybridized carbons (Fsp3) is 0.333. The van der Waals surface area contributed by atoms with Crippen molar-refractivity contribution in [1.82, 2.24) is 14.5 Å². The standard InChI is InChI=1S/C12H14BrN3O/c1-9(7-13)15(2)12(17)10-8-14-16-6-4-3-5-11(10)16/h3-6,8-9H,7H2,1-2H3. The molecule has 17 heavy (non-hydrogen) atoms. The molecule has 0 saturated heterocycles. The van der Waals surface area contributed by atoms with E-state index in [2.05, 4.69) is 21.0 Å². The van der Waals surface area contributed by atoms with E-state index in [1.54, 1.807) is 22.7 Å². The molecule has 0 saturated carbocycles. The van der Waals surface area contributed by atoms with Crippen molar-refractivity contribution in [2.75, 3.05) is 12.4 Å². The zero-order valence-electron chi connectivity index (χ0n) is 9.80. The minimum atomic E-state index is -0.00171. The second-order valence-corrected chi connectivity index (χ2v) is 4.66. The SMILES string of the molecule is CC(CBr)N(C)C(=O)c1cnn2ccccc12. The number of rotatable bonds is 3. The van der Waals surface area contributed by atoms with E-state index in [1.807, 2.05) is 31.3 Å². The van der Waals surface area contributed by atoms with Gasteiger partial charge in [-0.25, -0.2) is 4.52 Å². The van der Waals surface area contributed by atoms with Crippen LogP contribution in [0.1, 0.15) is 17.3 Å². The Morgan fingerprint density at radius 3 is 3.06 bits per heavy atom. The predicted molar refractivity (Wildman–Crippen MR) is 70.5 cm³/mol. The molecule has 0 N–H and O–H groups in total. The molecule has 1 amide bonds. The average molecular weight is 296 g/mol. The molecular weight excluding hydrogens is 282 g/mol. The monoisotopic (exact) mass is 295 g/mol. The van der Waals surface area contributed by atoms with Gasteiger partial charge >= 0.3 is 0 Å². The van der Waals surface area contributed by atoms with Gasteiger partial charge in [-0.2, -0.15) is 5.10 Å². The summed E-state index contributed by atoms with van der Waals surface area (Å²) < 4.78 is 1.71. The summed E-state index contributed by atoms with van der Waals surface area (Å²) in [6.07, 6.45) is 3.45. The quantitative estimate of drug-likeness (QED) is 0.814. The van der Waals surface area contributed by atoms with Gasteiger partial charge in [0.1, 0.15) is 0 Å². The van der Waals surface area contributed by atoms with E-state index in [0.29, 0.717) is 5.56 Å². The molecule has 0 spiro atoms. The molecule has 5 heteroatoms. The minimum Gasteiger partial charge on any atom is -0.338 e. The summed E-state index contributed by atoms with van der Waals surface area (Å²) in [5.74, 6) is -0.00171. The topological polar surface area (TPSA) is 37.6 Å². The molecule has 1 atom stereocenters. The largest absolute Gasteiger partial charge is 0.338 e. The van der Waals surface area contributed by atoms with Crippen LogP contribution >= 0.6 is 15.9 Å². The molecule has 2 heterocycles. The van der Waals surface area contributed by atoms with E-state index in [1.165, 1.54) is 0 Å². The van der Waals surface area contributed by atoms with Crippen molar-refractivity contribution in [2.24, 2.45) is 0 Å². The van der Waals surface area contributed by atoms with Gasteiger partial charge in [0.05, 0.1) is 17.3 Å². The second-order valence-electron chi connectivity index (χ2n) is 4.01. The number of pyridine rings is 1. The Hall–Kier alpha value is -1.36. The number of aromatic nitrogens is 2. The number of carbonyl (C=O) groups is 1. The molecule has 2 aromatic heterocycles. The van der Waals surface area contributed by atoms with E-state index in [4.69, 9.17) is 0 Å². The predicted octanol–water partition coefficient (Wildman–Crippen LogP) is 2.19. The summed E-state index contributed by atoms with van der Waals surface area (Å²) >= 11 is 3.38. The van der Waals surface area contributed by atoms with Crippen LogP contribution in [0.3, 0.4) is 0 Å². The molecule has 4 nitrogen and oxygen atoms in total. The maximum atomic E-state index is 12.3. The van der Waals surface area contributed by atoms with E-state index >= 15 is 0 Å². The van der Waals surface area contributed by atoms with Crippen molar-refractivity contribution >= 4 is 27.4 Å². The lowest BCUT2D eigenvalue weighted by molar-refractivity contribution is 0.0760. The molecule has 0 bridgehead atoms. The normalized spacial score (nSPS) is 12.6. The molecule has 0 radical (unpaired) electrons. The van der Waals surface area contributed by atoms with Gasteiger partial charge in [0.15, 0.2) is 0 Å². The number of nitrogens with zero attached hydrogens (tertiary/aromatic N) is 3. The number of amides is 1. The van der Waals surface area contributed by atoms with Gasteiger partial charge < -0.3 is 4.90 Å². The minimum absolute atomic E-state index is 0.00171. The highest BCUT2D eigenvalue weighted by atomic mass is 79.9. The van der Waals surface area contributed by atoms with Gasteiger partial charge in [0.25, 0.3) is 5.91 Å². The van der Waals surface area contributed by atoms with Crippen LogP contribution in [0.15, 0.2) is 30.6 Å². The highest BCUT2D eigenvalue weighted by Gasteiger charge is 2.19. The summed E-state index contributed by atoms with van der Waals surface area (Å²) in [5.41, 5.74) is 1.48. The van der Waals surface area contributed by atoms with Gasteiger partial charge in [-0.3, -0.25) is 4.79 Å². The molecule has 1 unspecified atom stereocenters. The lowest BCUT2D eigenvalue weighted by atomic mass is 10.2. The molecule has 2 aromatic rings. The van der Waals surface area contributed by atoms with Crippen molar-refractivity contribution in [3.8, 4) is 0 Å². The van der Waals surface area contributed by atoms with Crippen LogP contribution in [0.25, 0.3) is 5.52 Å². The Morgan fingerprint density at radius 2 is 2.35 bits per heavy atom. The number of halogens is 1. The number of carbonyl (C=O) groups excluding carboxylic acids is 1. The van der Waals surface area contributed by atoms with Crippen molar-refractivity contribution in [2.45, 2.75) is 13.0 Å². The van der Waals surface area contributed by atoms with E-state index < -0.39 is 0 Å². The van der Waals surface area contributed by atoms with Crippen LogP contribution in [0.2, 0.25) is 0 Å². The van der Waals surface area contributed by atoms with Crippen LogP contribution in [-0.4, -0.2) is 38.8 Å². The van der Waals surface area contributed by atoms with Crippen molar-refractivity contribution in [1.29, 1.82) is 0 Å². The van der Waals surface area contributed by atoms with Gasteiger partial charge in [0.2, 0.25) is 0 Å². The summed E-state index contributed by atoms with van der Waals surface area (Å²) in [7, 11) is 1.81. The maximum absolute atomic E-state index is 12.3. The lowest BCUT2D eigenvalue weighted by Gasteiger charge is -2.22. The zero-order valence-corrected chi connectivity index (χ0v) is 11.4. The summed E-state index contributed by atoms with van der Waals surface area (Å²) in [6, 6.07) is 5.84. The van der Waals surface area contributed by atoms with Crippen LogP contribution in [0.4, 0.5) is 0 Å². The first-order valence-corrected chi connectivity index (χ1v) is 6.52. The van der Waals surface area contributed by atoms with E-state index in [9.17, 15) is 4.79 Å². The molecule has 0 aliphatic carbocycles. The molecule has 90 valence electrons. The number of fused-ring (bicyclic) bond motifs is 1. The summed E-state index contributed by atoms with van der Waals surface area (Å²) in [5, 5.41) is 4.92. The average Bonchev–Trinajstić information content (AvgIpc) is 2.79. The first kappa shape index (κ1) is 12.1. The summed E-state index contributed by atoms with van der Waals surface area (Å²) in [4.78, 5) is 14.0. The summed E-state index contributed by atoms with van der Waals surface area (Å²) in [6.45, 7) is 2.00. The number of hydrogen-bond acceptors (Lipinski definition) is 2. The Bertz CT molecular complexity index is 537. The van der Waals surface area contributed by atoms with Crippen molar-refractivity contribution in [3.63, 3.8) is 0 Å². The van der Waals surface area contributed by atoms with Crippen LogP contribution in [0, 0.1) is 0 Å². The Labute approximate surface area is 108 Å². The molecule has 0 aliphatic rings. The third-order valence-corrected chi connectivity index (χ3v) is 3.80. The van der Waals surface area contributed by atoms with Gasteiger partial charge in [-0.1, -0.05) is 22.0 Å². The van der Waals surface area contributed by atoms with Crippen LogP contribution < -0.4 is 0 Å². The van der Waals surface area contributed by atoms with Crippen molar-refractivity contribution < 1.29 is 4.79 Å². The van der Waals surface area contributed by atoms with Gasteiger partial charge in [0, 0.05) is 24.6 Å². The molecule has 0 fully saturated rings. The third kappa shape index (κ3) is 2.20. The van der Waals surface area contributed by atoms with Gasteiger partial charge in [-0.15, -0.1) is 0 Å². The van der Waals surface area contributed by atoms with Crippen LogP contribution in [0.5, 0.6) is 0 Å². The van der Waals surface area contributed by atoms with Crippen molar-refractivity contribution in [3.05, 3.63) is 36.2 Å². The maximum Gasteiger partial charge on any atom is 0.257 e. The zero-order chi connectivity index (χ0) is 12.4. The first-order chi connectivity index (χ1) is 8.15. The highest BCUT2D eigenvalue weighted by molar-refractivity contribution is 9.09. The fourth-order valence-corrected chi connectivity index (χ4v) is 2.03. The number of alkyl halides is 1. The first-order valence-electron chi connectivity index (χ1n) is 5.40. The lowest BCUT2D eigenvalue weighted by Crippen LogP contribution is -2.35. The van der Waals surface area contributed by atoms with E-state index in [-0.39, 0.29) is 11.9 Å². The Morgan fingerprint density at radius 1 is 1.59 bits per heavy atom. The van der Waals surface area contributed by atoms with Gasteiger partial charge in [-0.05, 0) is 19.1 Å². The fourth-order valence-electron chi connectivity index (χ4n) is 1.59. The van der Waals surface area contributed by atoms with E-state index in [0.717, 1.165) is 10.8 Å². The molecular formula is C12H14BrN3O. The highest BCUT2D eigenvalue weighted by Crippen LogP contribution is 2.14. The molecule has 0 aliphatic heterocycles. The second kappa shape index (κ2) is 4.87. The van der Waals surface area contributed by atoms with Crippen LogP contribution in [-0.2, 0) is 0 Å².